The number of carbonyl (C=O) groups excluding carboxylic acids is 2. The van der Waals surface area contributed by atoms with Gasteiger partial charge >= 0.3 is 12.1 Å². The largest absolute Gasteiger partial charge is 0.479 e. The number of methoxy groups -OCH3 is 2. The molecule has 2 atom stereocenters. The van der Waals surface area contributed by atoms with Crippen molar-refractivity contribution < 1.29 is 33.7 Å². The Morgan fingerprint density at radius 3 is 1.94 bits per heavy atom. The van der Waals surface area contributed by atoms with Crippen molar-refractivity contribution in [2.45, 2.75) is 31.0 Å². The lowest BCUT2D eigenvalue weighted by atomic mass is 9.98. The molecule has 2 aromatic carbocycles. The quantitative estimate of drug-likeness (QED) is 0.436. The smallest absolute Gasteiger partial charge is 0.407 e. The monoisotopic (exact) mass is 470 g/mol. The summed E-state index contributed by atoms with van der Waals surface area (Å²) in [5, 5.41) is 14.2. The molecule has 2 amide bonds. The molecule has 3 rings (SSSR count). The zero-order valence-corrected chi connectivity index (χ0v) is 19.3. The van der Waals surface area contributed by atoms with Gasteiger partial charge < -0.3 is 30.0 Å². The van der Waals surface area contributed by atoms with E-state index in [1.54, 1.807) is 0 Å². The molecule has 0 saturated heterocycles. The van der Waals surface area contributed by atoms with Gasteiger partial charge in [0.15, 0.2) is 6.10 Å². The molecule has 34 heavy (non-hydrogen) atoms. The Balaban J connectivity index is 1.43. The second-order valence-electron chi connectivity index (χ2n) is 7.91. The van der Waals surface area contributed by atoms with E-state index in [4.69, 9.17) is 19.3 Å². The maximum Gasteiger partial charge on any atom is 0.407 e. The minimum absolute atomic E-state index is 0.0302. The average molecular weight is 471 g/mol. The number of alkyl carbamates (subject to hydrolysis) is 1. The van der Waals surface area contributed by atoms with Crippen LogP contribution in [-0.4, -0.2) is 69.2 Å². The van der Waals surface area contributed by atoms with Crippen molar-refractivity contribution in [2.75, 3.05) is 33.9 Å². The van der Waals surface area contributed by atoms with E-state index in [2.05, 4.69) is 22.8 Å². The summed E-state index contributed by atoms with van der Waals surface area (Å²) in [6.45, 7) is 0.514. The standard InChI is InChI=1S/C25H30N2O7/c1-32-21(23(28)26-13-12-22(33-2)24(29)30)11-14-27-25(31)34-15-20-18-9-5-3-7-16(18)17-8-4-6-10-19(17)20/h3-10,20-22H,11-15H2,1-2H3,(H,26,28)(H,27,31)(H,29,30). The molecular weight excluding hydrogens is 440 g/mol. The number of carbonyl (C=O) groups is 3. The second kappa shape index (κ2) is 12.2. The molecule has 0 aliphatic heterocycles. The molecule has 3 N–H and O–H groups in total. The van der Waals surface area contributed by atoms with Gasteiger partial charge in [-0.1, -0.05) is 48.5 Å². The molecule has 0 bridgehead atoms. The Kier molecular flexibility index (Phi) is 9.00. The first-order valence-corrected chi connectivity index (χ1v) is 11.1. The van der Waals surface area contributed by atoms with Crippen LogP contribution in [0.5, 0.6) is 0 Å². The predicted octanol–water partition coefficient (Wildman–Crippen LogP) is 2.54. The van der Waals surface area contributed by atoms with Crippen LogP contribution in [0.25, 0.3) is 11.1 Å². The molecule has 0 heterocycles. The van der Waals surface area contributed by atoms with E-state index in [0.29, 0.717) is 0 Å². The number of rotatable bonds is 12. The molecule has 0 radical (unpaired) electrons. The maximum atomic E-state index is 12.3. The van der Waals surface area contributed by atoms with Crippen LogP contribution in [0.3, 0.4) is 0 Å². The van der Waals surface area contributed by atoms with Crippen LogP contribution in [0, 0.1) is 0 Å². The molecule has 182 valence electrons. The van der Waals surface area contributed by atoms with Crippen LogP contribution in [0.15, 0.2) is 48.5 Å². The summed E-state index contributed by atoms with van der Waals surface area (Å²) in [4.78, 5) is 35.5. The van der Waals surface area contributed by atoms with Gasteiger partial charge in [-0.25, -0.2) is 9.59 Å². The molecule has 1 aliphatic rings. The van der Waals surface area contributed by atoms with Crippen molar-refractivity contribution >= 4 is 18.0 Å². The van der Waals surface area contributed by atoms with Crippen LogP contribution in [0.4, 0.5) is 4.79 Å². The molecule has 1 aliphatic carbocycles. The fourth-order valence-corrected chi connectivity index (χ4v) is 4.09. The fraction of sp³-hybridized carbons (Fsp3) is 0.400. The van der Waals surface area contributed by atoms with E-state index >= 15 is 0 Å². The first-order chi connectivity index (χ1) is 16.5. The second-order valence-corrected chi connectivity index (χ2v) is 7.91. The number of fused-ring (bicyclic) bond motifs is 3. The number of hydrogen-bond donors (Lipinski definition) is 3. The molecule has 0 spiro atoms. The number of ether oxygens (including phenoxy) is 3. The number of nitrogens with one attached hydrogen (secondary N) is 2. The third-order valence-electron chi connectivity index (χ3n) is 5.86. The third kappa shape index (κ3) is 6.12. The topological polar surface area (TPSA) is 123 Å². The van der Waals surface area contributed by atoms with Gasteiger partial charge in [0, 0.05) is 46.1 Å². The Morgan fingerprint density at radius 1 is 0.853 bits per heavy atom. The number of carboxylic acid groups (broad SMARTS) is 1. The number of carboxylic acids is 1. The van der Waals surface area contributed by atoms with Crippen molar-refractivity contribution in [3.05, 3.63) is 59.7 Å². The summed E-state index contributed by atoms with van der Waals surface area (Å²) in [5.41, 5.74) is 4.57. The van der Waals surface area contributed by atoms with Gasteiger partial charge in [0.25, 0.3) is 0 Å². The highest BCUT2D eigenvalue weighted by Gasteiger charge is 2.29. The van der Waals surface area contributed by atoms with Crippen LogP contribution < -0.4 is 10.6 Å². The van der Waals surface area contributed by atoms with Crippen LogP contribution >= 0.6 is 0 Å². The maximum absolute atomic E-state index is 12.3. The van der Waals surface area contributed by atoms with Crippen molar-refractivity contribution in [3.8, 4) is 11.1 Å². The Bertz CT molecular complexity index is 965. The van der Waals surface area contributed by atoms with Gasteiger partial charge in [0.05, 0.1) is 0 Å². The molecule has 2 unspecified atom stereocenters. The molecule has 9 heteroatoms. The Labute approximate surface area is 198 Å². The first-order valence-electron chi connectivity index (χ1n) is 11.1. The number of amides is 2. The van der Waals surface area contributed by atoms with E-state index < -0.39 is 30.2 Å². The van der Waals surface area contributed by atoms with E-state index in [-0.39, 0.29) is 38.5 Å². The third-order valence-corrected chi connectivity index (χ3v) is 5.86. The summed E-state index contributed by atoms with van der Waals surface area (Å²) in [5.74, 6) is -1.51. The van der Waals surface area contributed by atoms with Crippen molar-refractivity contribution in [3.63, 3.8) is 0 Å². The van der Waals surface area contributed by atoms with Crippen molar-refractivity contribution in [1.29, 1.82) is 0 Å². The summed E-state index contributed by atoms with van der Waals surface area (Å²) < 4.78 is 15.5. The van der Waals surface area contributed by atoms with Gasteiger partial charge in [-0.2, -0.15) is 0 Å². The van der Waals surface area contributed by atoms with Crippen LogP contribution in [0.1, 0.15) is 29.9 Å². The predicted molar refractivity (Wildman–Crippen MR) is 125 cm³/mol. The van der Waals surface area contributed by atoms with E-state index in [0.717, 1.165) is 22.3 Å². The van der Waals surface area contributed by atoms with Crippen LogP contribution in [0.2, 0.25) is 0 Å². The van der Waals surface area contributed by atoms with E-state index in [1.807, 2.05) is 36.4 Å². The first kappa shape index (κ1) is 25.2. The lowest BCUT2D eigenvalue weighted by Crippen LogP contribution is -2.40. The highest BCUT2D eigenvalue weighted by molar-refractivity contribution is 5.81. The van der Waals surface area contributed by atoms with Crippen molar-refractivity contribution in [2.24, 2.45) is 0 Å². The normalized spacial score (nSPS) is 13.9. The number of hydrogen-bond acceptors (Lipinski definition) is 6. The molecule has 2 aromatic rings. The molecule has 0 aromatic heterocycles. The van der Waals surface area contributed by atoms with E-state index in [1.165, 1.54) is 14.2 Å². The molecule has 9 nitrogen and oxygen atoms in total. The van der Waals surface area contributed by atoms with Gasteiger partial charge in [0.2, 0.25) is 5.91 Å². The number of aliphatic carboxylic acids is 1. The fourth-order valence-electron chi connectivity index (χ4n) is 4.09. The Hall–Kier alpha value is -3.43. The lowest BCUT2D eigenvalue weighted by Gasteiger charge is -2.17. The van der Waals surface area contributed by atoms with Gasteiger partial charge in [-0.05, 0) is 22.3 Å². The molecular formula is C25H30N2O7. The summed E-state index contributed by atoms with van der Waals surface area (Å²) in [6.07, 6.45) is -1.98. The summed E-state index contributed by atoms with van der Waals surface area (Å²) in [7, 11) is 2.69. The highest BCUT2D eigenvalue weighted by Crippen LogP contribution is 2.44. The van der Waals surface area contributed by atoms with Crippen molar-refractivity contribution in [1.82, 2.24) is 10.6 Å². The molecule has 0 saturated carbocycles. The highest BCUT2D eigenvalue weighted by atomic mass is 16.5. The molecule has 0 fully saturated rings. The summed E-state index contributed by atoms with van der Waals surface area (Å²) in [6, 6.07) is 16.2. The van der Waals surface area contributed by atoms with Gasteiger partial charge in [0.1, 0.15) is 12.7 Å². The Morgan fingerprint density at radius 2 is 1.38 bits per heavy atom. The van der Waals surface area contributed by atoms with E-state index in [9.17, 15) is 14.4 Å². The minimum atomic E-state index is -1.09. The van der Waals surface area contributed by atoms with Gasteiger partial charge in [-0.3, -0.25) is 4.79 Å². The number of benzene rings is 2. The lowest BCUT2D eigenvalue weighted by molar-refractivity contribution is -0.149. The minimum Gasteiger partial charge on any atom is -0.479 e. The SMILES string of the molecule is COC(CCNC(=O)C(CCNC(=O)OCC1c2ccccc2-c2ccccc21)OC)C(=O)O. The summed E-state index contributed by atoms with van der Waals surface area (Å²) >= 11 is 0. The van der Waals surface area contributed by atoms with Crippen LogP contribution in [-0.2, 0) is 23.8 Å². The zero-order valence-electron chi connectivity index (χ0n) is 19.3. The zero-order chi connectivity index (χ0) is 24.5. The van der Waals surface area contributed by atoms with Gasteiger partial charge in [-0.15, -0.1) is 0 Å². The average Bonchev–Trinajstić information content (AvgIpc) is 3.16.